The van der Waals surface area contributed by atoms with Crippen molar-refractivity contribution >= 4 is 11.9 Å². The highest BCUT2D eigenvalue weighted by molar-refractivity contribution is 5.85. The van der Waals surface area contributed by atoms with Gasteiger partial charge in [0.25, 0.3) is 0 Å². The van der Waals surface area contributed by atoms with Gasteiger partial charge in [0, 0.05) is 18.9 Å². The summed E-state index contributed by atoms with van der Waals surface area (Å²) in [6, 6.07) is 9.73. The Bertz CT molecular complexity index is 737. The minimum absolute atomic E-state index is 0.602. The van der Waals surface area contributed by atoms with Gasteiger partial charge in [-0.05, 0) is 31.2 Å². The Hall–Kier alpha value is -2.36. The standard InChI is InChI=1S/C14H13N3O/c1-10-5-3-7-13-15-14(12(9-18)17(10)13)11-6-4-8-16(11)2/h3-9H,1-2H3. The van der Waals surface area contributed by atoms with Gasteiger partial charge in [-0.3, -0.25) is 9.20 Å². The monoisotopic (exact) mass is 239 g/mol. The smallest absolute Gasteiger partial charge is 0.169 e. The molecule has 0 aliphatic carbocycles. The third-order valence-corrected chi connectivity index (χ3v) is 3.17. The van der Waals surface area contributed by atoms with E-state index in [1.165, 1.54) is 0 Å². The van der Waals surface area contributed by atoms with Crippen LogP contribution in [-0.2, 0) is 7.05 Å². The molecular weight excluding hydrogens is 226 g/mol. The number of hydrogen-bond acceptors (Lipinski definition) is 2. The molecule has 0 radical (unpaired) electrons. The number of rotatable bonds is 2. The van der Waals surface area contributed by atoms with Gasteiger partial charge < -0.3 is 4.57 Å². The molecule has 0 aromatic carbocycles. The lowest BCUT2D eigenvalue weighted by molar-refractivity contribution is 0.111. The Morgan fingerprint density at radius 3 is 2.72 bits per heavy atom. The quantitative estimate of drug-likeness (QED) is 0.644. The molecule has 0 fully saturated rings. The van der Waals surface area contributed by atoms with Crippen LogP contribution in [0.4, 0.5) is 0 Å². The Kier molecular flexibility index (Phi) is 2.30. The van der Waals surface area contributed by atoms with E-state index in [0.717, 1.165) is 29.0 Å². The van der Waals surface area contributed by atoms with E-state index >= 15 is 0 Å². The predicted octanol–water partition coefficient (Wildman–Crippen LogP) is 2.46. The zero-order chi connectivity index (χ0) is 12.7. The summed E-state index contributed by atoms with van der Waals surface area (Å²) in [7, 11) is 1.95. The second kappa shape index (κ2) is 3.84. The molecule has 3 aromatic rings. The summed E-state index contributed by atoms with van der Waals surface area (Å²) in [6.07, 6.45) is 2.82. The van der Waals surface area contributed by atoms with Crippen LogP contribution < -0.4 is 0 Å². The molecule has 4 nitrogen and oxygen atoms in total. The van der Waals surface area contributed by atoms with E-state index in [1.807, 2.05) is 59.5 Å². The number of fused-ring (bicyclic) bond motifs is 1. The van der Waals surface area contributed by atoms with Crippen molar-refractivity contribution in [2.24, 2.45) is 7.05 Å². The molecule has 18 heavy (non-hydrogen) atoms. The average molecular weight is 239 g/mol. The molecular formula is C14H13N3O. The minimum atomic E-state index is 0.602. The number of aryl methyl sites for hydroxylation is 2. The van der Waals surface area contributed by atoms with E-state index < -0.39 is 0 Å². The Balaban J connectivity index is 2.41. The van der Waals surface area contributed by atoms with Crippen LogP contribution in [0, 0.1) is 6.92 Å². The van der Waals surface area contributed by atoms with Crippen molar-refractivity contribution in [3.63, 3.8) is 0 Å². The molecule has 90 valence electrons. The highest BCUT2D eigenvalue weighted by Gasteiger charge is 2.15. The fourth-order valence-electron chi connectivity index (χ4n) is 2.29. The number of imidazole rings is 1. The molecule has 0 spiro atoms. The van der Waals surface area contributed by atoms with Crippen molar-refractivity contribution in [3.8, 4) is 11.4 Å². The largest absolute Gasteiger partial charge is 0.349 e. The van der Waals surface area contributed by atoms with Crippen molar-refractivity contribution in [1.82, 2.24) is 14.0 Å². The maximum Gasteiger partial charge on any atom is 0.169 e. The second-order valence-corrected chi connectivity index (χ2v) is 4.33. The summed E-state index contributed by atoms with van der Waals surface area (Å²) in [5.74, 6) is 0. The zero-order valence-corrected chi connectivity index (χ0v) is 10.3. The average Bonchev–Trinajstić information content (AvgIpc) is 2.92. The van der Waals surface area contributed by atoms with Crippen molar-refractivity contribution in [2.75, 3.05) is 0 Å². The van der Waals surface area contributed by atoms with E-state index in [4.69, 9.17) is 0 Å². The van der Waals surface area contributed by atoms with E-state index in [9.17, 15) is 4.79 Å². The molecule has 0 saturated heterocycles. The second-order valence-electron chi connectivity index (χ2n) is 4.33. The van der Waals surface area contributed by atoms with Gasteiger partial charge in [-0.15, -0.1) is 0 Å². The van der Waals surface area contributed by atoms with Gasteiger partial charge in [-0.25, -0.2) is 4.98 Å². The highest BCUT2D eigenvalue weighted by atomic mass is 16.1. The van der Waals surface area contributed by atoms with Crippen LogP contribution in [0.3, 0.4) is 0 Å². The van der Waals surface area contributed by atoms with E-state index in [-0.39, 0.29) is 0 Å². The SMILES string of the molecule is Cc1cccc2nc(-c3cccn3C)c(C=O)n12. The molecule has 3 rings (SSSR count). The molecule has 0 amide bonds. The minimum Gasteiger partial charge on any atom is -0.349 e. The van der Waals surface area contributed by atoms with Gasteiger partial charge in [-0.1, -0.05) is 6.07 Å². The van der Waals surface area contributed by atoms with Crippen LogP contribution in [-0.4, -0.2) is 20.2 Å². The molecule has 4 heteroatoms. The van der Waals surface area contributed by atoms with Crippen molar-refractivity contribution in [1.29, 1.82) is 0 Å². The summed E-state index contributed by atoms with van der Waals surface area (Å²) in [5, 5.41) is 0. The molecule has 3 aromatic heterocycles. The normalized spacial score (nSPS) is 11.0. The Morgan fingerprint density at radius 1 is 1.22 bits per heavy atom. The summed E-state index contributed by atoms with van der Waals surface area (Å²) in [6.45, 7) is 1.97. The molecule has 0 bridgehead atoms. The number of nitrogens with zero attached hydrogens (tertiary/aromatic N) is 3. The summed E-state index contributed by atoms with van der Waals surface area (Å²) >= 11 is 0. The maximum absolute atomic E-state index is 11.4. The molecule has 3 heterocycles. The van der Waals surface area contributed by atoms with Crippen molar-refractivity contribution in [3.05, 3.63) is 47.9 Å². The number of carbonyl (C=O) groups excluding carboxylic acids is 1. The first-order valence-corrected chi connectivity index (χ1v) is 5.77. The summed E-state index contributed by atoms with van der Waals surface area (Å²) in [4.78, 5) is 15.9. The lowest BCUT2D eigenvalue weighted by Gasteiger charge is -2.02. The van der Waals surface area contributed by atoms with Crippen molar-refractivity contribution in [2.45, 2.75) is 6.92 Å². The number of carbonyl (C=O) groups is 1. The lowest BCUT2D eigenvalue weighted by atomic mass is 10.2. The zero-order valence-electron chi connectivity index (χ0n) is 10.3. The van der Waals surface area contributed by atoms with E-state index in [0.29, 0.717) is 5.69 Å². The third-order valence-electron chi connectivity index (χ3n) is 3.17. The predicted molar refractivity (Wildman–Crippen MR) is 69.7 cm³/mol. The number of aldehydes is 1. The fraction of sp³-hybridized carbons (Fsp3) is 0.143. The van der Waals surface area contributed by atoms with Gasteiger partial charge in [0.05, 0.1) is 5.69 Å². The van der Waals surface area contributed by atoms with Gasteiger partial charge in [0.2, 0.25) is 0 Å². The Labute approximate surface area is 105 Å². The van der Waals surface area contributed by atoms with Gasteiger partial charge >= 0.3 is 0 Å². The van der Waals surface area contributed by atoms with Gasteiger partial charge in [0.1, 0.15) is 17.0 Å². The first-order chi connectivity index (χ1) is 8.72. The molecule has 0 N–H and O–H groups in total. The number of pyridine rings is 1. The van der Waals surface area contributed by atoms with Gasteiger partial charge in [-0.2, -0.15) is 0 Å². The maximum atomic E-state index is 11.4. The fourth-order valence-corrected chi connectivity index (χ4v) is 2.29. The van der Waals surface area contributed by atoms with Crippen LogP contribution in [0.15, 0.2) is 36.5 Å². The van der Waals surface area contributed by atoms with Crippen LogP contribution in [0.1, 0.15) is 16.2 Å². The third kappa shape index (κ3) is 1.39. The molecule has 0 unspecified atom stereocenters. The lowest BCUT2D eigenvalue weighted by Crippen LogP contribution is -1.97. The molecule has 0 saturated carbocycles. The van der Waals surface area contributed by atoms with Crippen LogP contribution in [0.2, 0.25) is 0 Å². The summed E-state index contributed by atoms with van der Waals surface area (Å²) in [5.41, 5.74) is 4.08. The van der Waals surface area contributed by atoms with Crippen LogP contribution >= 0.6 is 0 Å². The van der Waals surface area contributed by atoms with Gasteiger partial charge in [0.15, 0.2) is 6.29 Å². The number of aromatic nitrogens is 3. The molecule has 0 atom stereocenters. The van der Waals surface area contributed by atoms with E-state index in [1.54, 1.807) is 0 Å². The molecule has 0 aliphatic heterocycles. The molecule has 0 aliphatic rings. The first-order valence-electron chi connectivity index (χ1n) is 5.77. The van der Waals surface area contributed by atoms with Crippen LogP contribution in [0.25, 0.3) is 17.0 Å². The topological polar surface area (TPSA) is 39.3 Å². The Morgan fingerprint density at radius 2 is 2.06 bits per heavy atom. The van der Waals surface area contributed by atoms with Crippen molar-refractivity contribution < 1.29 is 4.79 Å². The summed E-state index contributed by atoms with van der Waals surface area (Å²) < 4.78 is 3.85. The van der Waals surface area contributed by atoms with Crippen LogP contribution in [0.5, 0.6) is 0 Å². The highest BCUT2D eigenvalue weighted by Crippen LogP contribution is 2.24. The number of hydrogen-bond donors (Lipinski definition) is 0. The van der Waals surface area contributed by atoms with E-state index in [2.05, 4.69) is 4.98 Å². The first kappa shape index (κ1) is 10.8.